The molecule has 96 valence electrons. The summed E-state index contributed by atoms with van der Waals surface area (Å²) in [5.74, 6) is 0.112. The number of hydrogen-bond donors (Lipinski definition) is 3. The highest BCUT2D eigenvalue weighted by atomic mass is 35.5. The predicted octanol–water partition coefficient (Wildman–Crippen LogP) is -0.166. The zero-order valence-corrected chi connectivity index (χ0v) is 10.1. The lowest BCUT2D eigenvalue weighted by molar-refractivity contribution is 0.232. The van der Waals surface area contributed by atoms with Crippen molar-refractivity contribution in [2.24, 2.45) is 11.8 Å². The van der Waals surface area contributed by atoms with Crippen LogP contribution in [0.1, 0.15) is 6.04 Å². The number of fused-ring (bicyclic) bond motifs is 1. The first-order valence-electron chi connectivity index (χ1n) is 5.54. The molecule has 2 heterocycles. The van der Waals surface area contributed by atoms with Crippen LogP contribution in [0.15, 0.2) is 6.33 Å². The van der Waals surface area contributed by atoms with Crippen molar-refractivity contribution >= 4 is 28.7 Å². The number of nitrogens with zero attached hydrogens (tertiary/aromatic N) is 4. The second kappa shape index (κ2) is 4.04. The summed E-state index contributed by atoms with van der Waals surface area (Å²) in [4.78, 5) is 12.1. The molecule has 0 spiro atoms. The van der Waals surface area contributed by atoms with Crippen molar-refractivity contribution in [1.29, 1.82) is 0 Å². The van der Waals surface area contributed by atoms with Gasteiger partial charge in [0.15, 0.2) is 10.8 Å². The van der Waals surface area contributed by atoms with Crippen LogP contribution in [-0.2, 0) is 0 Å². The summed E-state index contributed by atoms with van der Waals surface area (Å²) in [5.41, 5.74) is 6.57. The first-order valence-corrected chi connectivity index (χ1v) is 5.92. The molecule has 2 aromatic rings. The van der Waals surface area contributed by atoms with Crippen LogP contribution in [0.25, 0.3) is 11.2 Å². The summed E-state index contributed by atoms with van der Waals surface area (Å²) in [7, 11) is 0. The maximum Gasteiger partial charge on any atom is 0.223 e. The minimum atomic E-state index is -0.0182. The van der Waals surface area contributed by atoms with E-state index < -0.39 is 0 Å². The lowest BCUT2D eigenvalue weighted by Crippen LogP contribution is -2.02. The first kappa shape index (κ1) is 11.6. The molecule has 2 aromatic heterocycles. The van der Waals surface area contributed by atoms with Crippen molar-refractivity contribution in [3.63, 3.8) is 0 Å². The topological polar surface area (TPSA) is 110 Å². The zero-order chi connectivity index (χ0) is 12.9. The number of anilines is 1. The molecule has 3 rings (SSSR count). The van der Waals surface area contributed by atoms with E-state index in [0.717, 1.165) is 0 Å². The van der Waals surface area contributed by atoms with Gasteiger partial charge in [-0.25, -0.2) is 4.98 Å². The normalized spacial score (nSPS) is 26.7. The lowest BCUT2D eigenvalue weighted by Gasteiger charge is -2.03. The summed E-state index contributed by atoms with van der Waals surface area (Å²) < 4.78 is 1.79. The van der Waals surface area contributed by atoms with Gasteiger partial charge in [0.1, 0.15) is 5.52 Å². The molecule has 0 aliphatic heterocycles. The van der Waals surface area contributed by atoms with E-state index >= 15 is 0 Å². The predicted molar refractivity (Wildman–Crippen MR) is 64.9 cm³/mol. The lowest BCUT2D eigenvalue weighted by atomic mass is 10.3. The summed E-state index contributed by atoms with van der Waals surface area (Å²) in [6.45, 7) is 0.0354. The van der Waals surface area contributed by atoms with Crippen molar-refractivity contribution in [3.05, 3.63) is 11.5 Å². The molecule has 0 radical (unpaired) electrons. The summed E-state index contributed by atoms with van der Waals surface area (Å²) in [6, 6.07) is -0.0182. The minimum Gasteiger partial charge on any atom is -0.396 e. The SMILES string of the molecule is Nc1nc(Cl)c2ncn(C3C(CO)C3CO)c2n1. The van der Waals surface area contributed by atoms with E-state index in [9.17, 15) is 10.2 Å². The summed E-state index contributed by atoms with van der Waals surface area (Å²) in [5, 5.41) is 18.7. The van der Waals surface area contributed by atoms with Crippen LogP contribution < -0.4 is 5.73 Å². The number of aliphatic hydroxyl groups is 2. The van der Waals surface area contributed by atoms with Gasteiger partial charge in [-0.2, -0.15) is 9.97 Å². The second-order valence-electron chi connectivity index (χ2n) is 4.38. The molecule has 0 amide bonds. The van der Waals surface area contributed by atoms with Crippen LogP contribution in [-0.4, -0.2) is 42.9 Å². The van der Waals surface area contributed by atoms with Crippen molar-refractivity contribution in [2.75, 3.05) is 18.9 Å². The Morgan fingerprint density at radius 1 is 1.28 bits per heavy atom. The molecule has 0 aromatic carbocycles. The van der Waals surface area contributed by atoms with Crippen molar-refractivity contribution < 1.29 is 10.2 Å². The molecule has 1 aliphatic carbocycles. The number of nitrogens with two attached hydrogens (primary N) is 1. The molecular formula is C10H12ClN5O2. The monoisotopic (exact) mass is 269 g/mol. The zero-order valence-electron chi connectivity index (χ0n) is 9.36. The van der Waals surface area contributed by atoms with E-state index in [-0.39, 0.29) is 42.2 Å². The molecule has 7 nitrogen and oxygen atoms in total. The molecule has 1 fully saturated rings. The van der Waals surface area contributed by atoms with Crippen molar-refractivity contribution in [3.8, 4) is 0 Å². The molecule has 4 N–H and O–H groups in total. The van der Waals surface area contributed by atoms with E-state index in [1.165, 1.54) is 0 Å². The van der Waals surface area contributed by atoms with E-state index in [2.05, 4.69) is 15.0 Å². The van der Waals surface area contributed by atoms with Crippen LogP contribution in [0, 0.1) is 11.8 Å². The highest BCUT2D eigenvalue weighted by molar-refractivity contribution is 6.33. The van der Waals surface area contributed by atoms with E-state index in [0.29, 0.717) is 11.2 Å². The fourth-order valence-corrected chi connectivity index (χ4v) is 2.66. The standard InChI is InChI=1S/C10H12ClN5O2/c11-8-6-9(15-10(12)14-8)16(3-13-6)7-4(1-17)5(7)2-18/h3-5,7,17-18H,1-2H2,(H2,12,14,15). The molecule has 1 aliphatic rings. The Kier molecular flexibility index (Phi) is 2.61. The number of nitrogen functional groups attached to an aromatic ring is 1. The number of imidazole rings is 1. The van der Waals surface area contributed by atoms with Crippen LogP contribution in [0.4, 0.5) is 5.95 Å². The molecule has 2 atom stereocenters. The molecular weight excluding hydrogens is 258 g/mol. The quantitative estimate of drug-likeness (QED) is 0.668. The summed E-state index contributed by atoms with van der Waals surface area (Å²) >= 11 is 5.94. The van der Waals surface area contributed by atoms with E-state index in [1.54, 1.807) is 10.9 Å². The van der Waals surface area contributed by atoms with Gasteiger partial charge < -0.3 is 20.5 Å². The van der Waals surface area contributed by atoms with Crippen LogP contribution in [0.2, 0.25) is 5.15 Å². The summed E-state index contributed by atoms with van der Waals surface area (Å²) in [6.07, 6.45) is 1.59. The van der Waals surface area contributed by atoms with Crippen LogP contribution in [0.5, 0.6) is 0 Å². The third-order valence-electron chi connectivity index (χ3n) is 3.43. The molecule has 8 heteroatoms. The molecule has 2 unspecified atom stereocenters. The fourth-order valence-electron chi connectivity index (χ4n) is 2.44. The van der Waals surface area contributed by atoms with E-state index in [4.69, 9.17) is 17.3 Å². The Morgan fingerprint density at radius 2 is 1.94 bits per heavy atom. The van der Waals surface area contributed by atoms with Crippen LogP contribution >= 0.6 is 11.6 Å². The Hall–Kier alpha value is -1.44. The van der Waals surface area contributed by atoms with Crippen LogP contribution in [0.3, 0.4) is 0 Å². The maximum atomic E-state index is 9.23. The van der Waals surface area contributed by atoms with E-state index in [1.807, 2.05) is 0 Å². The van der Waals surface area contributed by atoms with Gasteiger partial charge in [-0.3, -0.25) is 0 Å². The minimum absolute atomic E-state index is 0.0161. The molecule has 1 saturated carbocycles. The highest BCUT2D eigenvalue weighted by Crippen LogP contribution is 2.50. The average molecular weight is 270 g/mol. The number of hydrogen-bond acceptors (Lipinski definition) is 6. The van der Waals surface area contributed by atoms with Gasteiger partial charge >= 0.3 is 0 Å². The van der Waals surface area contributed by atoms with Gasteiger partial charge in [0.05, 0.1) is 6.33 Å². The van der Waals surface area contributed by atoms with Gasteiger partial charge in [0.2, 0.25) is 5.95 Å². The molecule has 0 saturated heterocycles. The van der Waals surface area contributed by atoms with Gasteiger partial charge in [-0.05, 0) is 0 Å². The maximum absolute atomic E-state index is 9.23. The average Bonchev–Trinajstić information content (AvgIpc) is 2.90. The Balaban J connectivity index is 2.09. The van der Waals surface area contributed by atoms with Crippen molar-refractivity contribution in [1.82, 2.24) is 19.5 Å². The Morgan fingerprint density at radius 3 is 2.56 bits per heavy atom. The van der Waals surface area contributed by atoms with Gasteiger partial charge in [0, 0.05) is 31.1 Å². The fraction of sp³-hybridized carbons (Fsp3) is 0.500. The number of aliphatic hydroxyl groups excluding tert-OH is 2. The molecule has 0 bridgehead atoms. The van der Waals surface area contributed by atoms with Crippen molar-refractivity contribution in [2.45, 2.75) is 6.04 Å². The number of halogens is 1. The largest absolute Gasteiger partial charge is 0.396 e. The van der Waals surface area contributed by atoms with Gasteiger partial charge in [-0.15, -0.1) is 0 Å². The van der Waals surface area contributed by atoms with Gasteiger partial charge in [-0.1, -0.05) is 11.6 Å². The number of rotatable bonds is 3. The molecule has 18 heavy (non-hydrogen) atoms. The van der Waals surface area contributed by atoms with Gasteiger partial charge in [0.25, 0.3) is 0 Å². The number of aromatic nitrogens is 4. The Labute approximate surface area is 107 Å². The third-order valence-corrected chi connectivity index (χ3v) is 3.69. The first-order chi connectivity index (χ1) is 8.67. The second-order valence-corrected chi connectivity index (χ2v) is 4.74. The Bertz CT molecular complexity index is 591. The smallest absolute Gasteiger partial charge is 0.223 e. The third kappa shape index (κ3) is 1.55. The highest BCUT2D eigenvalue weighted by Gasteiger charge is 2.51.